The topological polar surface area (TPSA) is 98.2 Å². The van der Waals surface area contributed by atoms with E-state index in [4.69, 9.17) is 11.5 Å². The highest BCUT2D eigenvalue weighted by Crippen LogP contribution is 2.16. The number of nitrogens with one attached hydrogen (secondary N) is 1. The average molecular weight is 271 g/mol. The summed E-state index contributed by atoms with van der Waals surface area (Å²) in [7, 11) is 0. The van der Waals surface area contributed by atoms with Gasteiger partial charge in [-0.05, 0) is 38.1 Å². The summed E-state index contributed by atoms with van der Waals surface area (Å²) < 4.78 is 0. The van der Waals surface area contributed by atoms with Gasteiger partial charge in [0.2, 0.25) is 11.8 Å². The quantitative estimate of drug-likeness (QED) is 0.467. The summed E-state index contributed by atoms with van der Waals surface area (Å²) in [6, 6.07) is 0. The number of carbonyl (C=O) groups is 2. The lowest BCUT2D eigenvalue weighted by Crippen LogP contribution is -2.25. The summed E-state index contributed by atoms with van der Waals surface area (Å²) in [4.78, 5) is 22.1. The third-order valence-electron chi connectivity index (χ3n) is 3.22. The Labute approximate surface area is 116 Å². The van der Waals surface area contributed by atoms with Crippen molar-refractivity contribution in [2.75, 3.05) is 13.1 Å². The molecule has 0 fully saturated rings. The highest BCUT2D eigenvalue weighted by molar-refractivity contribution is 5.75. The molecule has 0 aliphatic rings. The Morgan fingerprint density at radius 1 is 1.11 bits per heavy atom. The molecule has 5 nitrogen and oxygen atoms in total. The number of hydrogen-bond donors (Lipinski definition) is 3. The summed E-state index contributed by atoms with van der Waals surface area (Å²) in [5.41, 5.74) is 10.6. The van der Waals surface area contributed by atoms with Crippen molar-refractivity contribution in [3.8, 4) is 0 Å². The molecule has 5 heteroatoms. The van der Waals surface area contributed by atoms with Gasteiger partial charge in [0.15, 0.2) is 0 Å². The van der Waals surface area contributed by atoms with Crippen molar-refractivity contribution in [3.63, 3.8) is 0 Å². The highest BCUT2D eigenvalue weighted by atomic mass is 16.1. The molecule has 112 valence electrons. The minimum absolute atomic E-state index is 0.0946. The van der Waals surface area contributed by atoms with Crippen molar-refractivity contribution in [1.29, 1.82) is 0 Å². The van der Waals surface area contributed by atoms with Gasteiger partial charge in [-0.15, -0.1) is 0 Å². The van der Waals surface area contributed by atoms with Crippen LogP contribution >= 0.6 is 0 Å². The first-order valence-electron chi connectivity index (χ1n) is 7.35. The first kappa shape index (κ1) is 17.9. The lowest BCUT2D eigenvalue weighted by Gasteiger charge is -2.14. The minimum atomic E-state index is -0.282. The number of unbranched alkanes of at least 4 members (excludes halogenated alkanes) is 1. The van der Waals surface area contributed by atoms with Gasteiger partial charge in [-0.25, -0.2) is 0 Å². The predicted molar refractivity (Wildman–Crippen MR) is 77.4 cm³/mol. The molecule has 2 amide bonds. The normalized spacial score (nSPS) is 12.1. The van der Waals surface area contributed by atoms with Crippen molar-refractivity contribution < 1.29 is 9.59 Å². The zero-order valence-electron chi connectivity index (χ0n) is 12.1. The SMILES string of the molecule is CCCC(CCN)CCC(=O)NCCCCC(N)=O. The second kappa shape index (κ2) is 12.0. The van der Waals surface area contributed by atoms with Gasteiger partial charge < -0.3 is 16.8 Å². The van der Waals surface area contributed by atoms with Crippen molar-refractivity contribution in [1.82, 2.24) is 5.32 Å². The first-order chi connectivity index (χ1) is 9.10. The standard InChI is InChI=1S/C14H29N3O2/c1-2-5-12(9-10-15)7-8-14(19)17-11-4-3-6-13(16)18/h12H,2-11,15H2,1H3,(H2,16,18)(H,17,19). The van der Waals surface area contributed by atoms with Crippen molar-refractivity contribution in [2.24, 2.45) is 17.4 Å². The molecule has 1 atom stereocenters. The second-order valence-electron chi connectivity index (χ2n) is 5.04. The number of nitrogens with two attached hydrogens (primary N) is 2. The molecule has 0 rings (SSSR count). The van der Waals surface area contributed by atoms with Crippen LogP contribution < -0.4 is 16.8 Å². The number of rotatable bonds is 12. The van der Waals surface area contributed by atoms with Gasteiger partial charge in [-0.1, -0.05) is 19.8 Å². The fraction of sp³-hybridized carbons (Fsp3) is 0.857. The van der Waals surface area contributed by atoms with E-state index >= 15 is 0 Å². The Morgan fingerprint density at radius 2 is 1.84 bits per heavy atom. The molecule has 0 aromatic carbocycles. The molecule has 0 aliphatic heterocycles. The maximum atomic E-state index is 11.6. The number of hydrogen-bond acceptors (Lipinski definition) is 3. The summed E-state index contributed by atoms with van der Waals surface area (Å²) in [6.07, 6.45) is 6.70. The fourth-order valence-corrected chi connectivity index (χ4v) is 2.15. The van der Waals surface area contributed by atoms with Crippen LogP contribution in [0.4, 0.5) is 0 Å². The van der Waals surface area contributed by atoms with E-state index in [1.807, 2.05) is 0 Å². The van der Waals surface area contributed by atoms with Crippen molar-refractivity contribution in [2.45, 2.75) is 58.3 Å². The fourth-order valence-electron chi connectivity index (χ4n) is 2.15. The molecule has 0 radical (unpaired) electrons. The average Bonchev–Trinajstić information content (AvgIpc) is 2.35. The monoisotopic (exact) mass is 271 g/mol. The van der Waals surface area contributed by atoms with Crippen LogP contribution in [0.1, 0.15) is 58.3 Å². The highest BCUT2D eigenvalue weighted by Gasteiger charge is 2.09. The molecule has 0 saturated carbocycles. The summed E-state index contributed by atoms with van der Waals surface area (Å²) in [6.45, 7) is 3.48. The summed E-state index contributed by atoms with van der Waals surface area (Å²) in [5.74, 6) is 0.378. The molecule has 0 aromatic rings. The van der Waals surface area contributed by atoms with Crippen LogP contribution in [-0.2, 0) is 9.59 Å². The zero-order valence-corrected chi connectivity index (χ0v) is 12.1. The third kappa shape index (κ3) is 11.7. The summed E-state index contributed by atoms with van der Waals surface area (Å²) >= 11 is 0. The van der Waals surface area contributed by atoms with Crippen molar-refractivity contribution >= 4 is 11.8 Å². The van der Waals surface area contributed by atoms with Gasteiger partial charge in [-0.2, -0.15) is 0 Å². The molecule has 0 spiro atoms. The van der Waals surface area contributed by atoms with E-state index in [2.05, 4.69) is 12.2 Å². The number of carbonyl (C=O) groups excluding carboxylic acids is 2. The Balaban J connectivity index is 3.58. The largest absolute Gasteiger partial charge is 0.370 e. The van der Waals surface area contributed by atoms with E-state index in [1.54, 1.807) is 0 Å². The molecule has 0 bridgehead atoms. The number of primary amides is 1. The summed E-state index contributed by atoms with van der Waals surface area (Å²) in [5, 5.41) is 2.87. The van der Waals surface area contributed by atoms with Crippen LogP contribution in [0.5, 0.6) is 0 Å². The molecule has 0 heterocycles. The van der Waals surface area contributed by atoms with E-state index in [9.17, 15) is 9.59 Å². The van der Waals surface area contributed by atoms with Crippen LogP contribution in [0.3, 0.4) is 0 Å². The van der Waals surface area contributed by atoms with Crippen molar-refractivity contribution in [3.05, 3.63) is 0 Å². The van der Waals surface area contributed by atoms with Gasteiger partial charge in [0.1, 0.15) is 0 Å². The molecule has 0 saturated heterocycles. The Morgan fingerprint density at radius 3 is 2.42 bits per heavy atom. The third-order valence-corrected chi connectivity index (χ3v) is 3.22. The van der Waals surface area contributed by atoms with E-state index in [1.165, 1.54) is 0 Å². The van der Waals surface area contributed by atoms with Gasteiger partial charge in [0.25, 0.3) is 0 Å². The zero-order chi connectivity index (χ0) is 14.5. The molecule has 0 aromatic heterocycles. The van der Waals surface area contributed by atoms with Gasteiger partial charge in [0, 0.05) is 19.4 Å². The minimum Gasteiger partial charge on any atom is -0.370 e. The molecular formula is C14H29N3O2. The van der Waals surface area contributed by atoms with E-state index < -0.39 is 0 Å². The lowest BCUT2D eigenvalue weighted by atomic mass is 9.94. The van der Waals surface area contributed by atoms with Crippen LogP contribution in [0.15, 0.2) is 0 Å². The predicted octanol–water partition coefficient (Wildman–Crippen LogP) is 1.30. The molecule has 5 N–H and O–H groups in total. The Bertz CT molecular complexity index is 251. The molecule has 0 aliphatic carbocycles. The maximum Gasteiger partial charge on any atom is 0.220 e. The second-order valence-corrected chi connectivity index (χ2v) is 5.04. The smallest absolute Gasteiger partial charge is 0.220 e. The Hall–Kier alpha value is -1.10. The van der Waals surface area contributed by atoms with E-state index in [0.717, 1.165) is 38.5 Å². The van der Waals surface area contributed by atoms with Crippen LogP contribution in [0.25, 0.3) is 0 Å². The molecule has 1 unspecified atom stereocenters. The Kier molecular flexibility index (Phi) is 11.3. The van der Waals surface area contributed by atoms with Gasteiger partial charge in [0.05, 0.1) is 0 Å². The maximum absolute atomic E-state index is 11.6. The lowest BCUT2D eigenvalue weighted by molar-refractivity contribution is -0.121. The van der Waals surface area contributed by atoms with Gasteiger partial charge >= 0.3 is 0 Å². The van der Waals surface area contributed by atoms with E-state index in [0.29, 0.717) is 31.8 Å². The molecular weight excluding hydrogens is 242 g/mol. The number of amides is 2. The van der Waals surface area contributed by atoms with E-state index in [-0.39, 0.29) is 11.8 Å². The van der Waals surface area contributed by atoms with Gasteiger partial charge in [-0.3, -0.25) is 9.59 Å². The molecule has 19 heavy (non-hydrogen) atoms. The first-order valence-corrected chi connectivity index (χ1v) is 7.35. The van der Waals surface area contributed by atoms with Crippen LogP contribution in [0, 0.1) is 5.92 Å². The van der Waals surface area contributed by atoms with Crippen LogP contribution in [-0.4, -0.2) is 24.9 Å². The van der Waals surface area contributed by atoms with Crippen LogP contribution in [0.2, 0.25) is 0 Å².